The molecule has 1 atom stereocenters. The molecule has 0 bridgehead atoms. The molecule has 90 valence electrons. The summed E-state index contributed by atoms with van der Waals surface area (Å²) in [5.41, 5.74) is 4.63. The van der Waals surface area contributed by atoms with Crippen molar-refractivity contribution in [3.05, 3.63) is 71.3 Å². The van der Waals surface area contributed by atoms with Crippen LogP contribution in [0.15, 0.2) is 59.8 Å². The minimum Gasteiger partial charge on any atom is -0.387 e. The number of hydrogen-bond acceptors (Lipinski definition) is 2. The Kier molecular flexibility index (Phi) is 2.85. The predicted molar refractivity (Wildman–Crippen MR) is 72.6 cm³/mol. The van der Waals surface area contributed by atoms with Crippen molar-refractivity contribution >= 4 is 5.71 Å². The molecule has 0 N–H and O–H groups in total. The zero-order chi connectivity index (χ0) is 12.4. The zero-order valence-corrected chi connectivity index (χ0v) is 10.3. The number of hydrogen-bond donors (Lipinski definition) is 0. The van der Waals surface area contributed by atoms with Crippen LogP contribution < -0.4 is 0 Å². The summed E-state index contributed by atoms with van der Waals surface area (Å²) in [7, 11) is 0. The lowest BCUT2D eigenvalue weighted by molar-refractivity contribution is 0.0857. The Morgan fingerprint density at radius 2 is 1.89 bits per heavy atom. The summed E-state index contributed by atoms with van der Waals surface area (Å²) < 4.78 is 0. The molecule has 0 saturated heterocycles. The molecule has 0 spiro atoms. The van der Waals surface area contributed by atoms with Gasteiger partial charge in [-0.25, -0.2) is 0 Å². The van der Waals surface area contributed by atoms with E-state index < -0.39 is 0 Å². The average molecular weight is 237 g/mol. The summed E-state index contributed by atoms with van der Waals surface area (Å²) in [5.74, 6) is 0. The van der Waals surface area contributed by atoms with Crippen molar-refractivity contribution in [3.8, 4) is 0 Å². The first-order valence-corrected chi connectivity index (χ1v) is 6.17. The third-order valence-electron chi connectivity index (χ3n) is 3.19. The molecule has 0 aliphatic carbocycles. The molecular weight excluding hydrogens is 222 g/mol. The van der Waals surface area contributed by atoms with E-state index in [4.69, 9.17) is 4.84 Å². The first kappa shape index (κ1) is 11.0. The molecule has 2 nitrogen and oxygen atoms in total. The van der Waals surface area contributed by atoms with Gasteiger partial charge in [-0.1, -0.05) is 65.3 Å². The van der Waals surface area contributed by atoms with E-state index in [0.717, 1.165) is 17.7 Å². The van der Waals surface area contributed by atoms with Crippen LogP contribution in [0.5, 0.6) is 0 Å². The molecule has 2 aromatic carbocycles. The fourth-order valence-electron chi connectivity index (χ4n) is 2.23. The van der Waals surface area contributed by atoms with Crippen molar-refractivity contribution < 1.29 is 4.84 Å². The van der Waals surface area contributed by atoms with Gasteiger partial charge in [-0.05, 0) is 18.1 Å². The van der Waals surface area contributed by atoms with Gasteiger partial charge in [-0.15, -0.1) is 0 Å². The highest BCUT2D eigenvalue weighted by atomic mass is 16.6. The quantitative estimate of drug-likeness (QED) is 0.777. The number of aryl methyl sites for hydroxylation is 1. The van der Waals surface area contributed by atoms with E-state index in [9.17, 15) is 0 Å². The number of oxime groups is 1. The SMILES string of the molecule is Cc1cccc(C2CC(c3ccccc3)=NO2)c1. The van der Waals surface area contributed by atoms with E-state index in [0.29, 0.717) is 0 Å². The van der Waals surface area contributed by atoms with Gasteiger partial charge < -0.3 is 4.84 Å². The fraction of sp³-hybridized carbons (Fsp3) is 0.188. The smallest absolute Gasteiger partial charge is 0.158 e. The van der Waals surface area contributed by atoms with E-state index in [2.05, 4.69) is 48.5 Å². The van der Waals surface area contributed by atoms with Gasteiger partial charge in [0.15, 0.2) is 6.10 Å². The van der Waals surface area contributed by atoms with Crippen LogP contribution >= 0.6 is 0 Å². The number of rotatable bonds is 2. The summed E-state index contributed by atoms with van der Waals surface area (Å²) >= 11 is 0. The topological polar surface area (TPSA) is 21.6 Å². The highest BCUT2D eigenvalue weighted by Gasteiger charge is 2.23. The van der Waals surface area contributed by atoms with E-state index in [1.54, 1.807) is 0 Å². The molecule has 1 heterocycles. The van der Waals surface area contributed by atoms with Crippen LogP contribution in [0, 0.1) is 6.92 Å². The largest absolute Gasteiger partial charge is 0.387 e. The van der Waals surface area contributed by atoms with E-state index in [-0.39, 0.29) is 6.10 Å². The van der Waals surface area contributed by atoms with Gasteiger partial charge in [-0.3, -0.25) is 0 Å². The van der Waals surface area contributed by atoms with Crippen LogP contribution in [0.1, 0.15) is 29.2 Å². The molecule has 0 saturated carbocycles. The van der Waals surface area contributed by atoms with E-state index >= 15 is 0 Å². The first-order chi connectivity index (χ1) is 8.83. The van der Waals surface area contributed by atoms with Crippen LogP contribution in [-0.2, 0) is 4.84 Å². The van der Waals surface area contributed by atoms with Gasteiger partial charge in [0.1, 0.15) is 0 Å². The minimum absolute atomic E-state index is 0.0557. The van der Waals surface area contributed by atoms with Gasteiger partial charge in [0, 0.05) is 6.42 Å². The monoisotopic (exact) mass is 237 g/mol. The number of benzene rings is 2. The maximum absolute atomic E-state index is 5.55. The molecule has 1 aliphatic rings. The predicted octanol–water partition coefficient (Wildman–Crippen LogP) is 3.86. The lowest BCUT2D eigenvalue weighted by Crippen LogP contribution is -2.01. The molecule has 0 amide bonds. The fourth-order valence-corrected chi connectivity index (χ4v) is 2.23. The van der Waals surface area contributed by atoms with Gasteiger partial charge >= 0.3 is 0 Å². The number of nitrogens with zero attached hydrogens (tertiary/aromatic N) is 1. The lowest BCUT2D eigenvalue weighted by Gasteiger charge is -2.08. The zero-order valence-electron chi connectivity index (χ0n) is 10.3. The van der Waals surface area contributed by atoms with E-state index in [1.165, 1.54) is 11.1 Å². The van der Waals surface area contributed by atoms with Gasteiger partial charge in [0.25, 0.3) is 0 Å². The summed E-state index contributed by atoms with van der Waals surface area (Å²) in [4.78, 5) is 5.55. The van der Waals surface area contributed by atoms with Gasteiger partial charge in [-0.2, -0.15) is 0 Å². The minimum atomic E-state index is 0.0557. The van der Waals surface area contributed by atoms with Crippen molar-refractivity contribution in [1.29, 1.82) is 0 Å². The van der Waals surface area contributed by atoms with Crippen LogP contribution in [0.4, 0.5) is 0 Å². The van der Waals surface area contributed by atoms with Crippen molar-refractivity contribution in [1.82, 2.24) is 0 Å². The Balaban J connectivity index is 1.79. The second-order valence-corrected chi connectivity index (χ2v) is 4.62. The third kappa shape index (κ3) is 2.14. The second kappa shape index (κ2) is 4.65. The van der Waals surface area contributed by atoms with Crippen LogP contribution in [0.2, 0.25) is 0 Å². The summed E-state index contributed by atoms with van der Waals surface area (Å²) in [5, 5.41) is 4.21. The third-order valence-corrected chi connectivity index (χ3v) is 3.19. The van der Waals surface area contributed by atoms with Crippen LogP contribution in [0.3, 0.4) is 0 Å². The molecule has 3 rings (SSSR count). The summed E-state index contributed by atoms with van der Waals surface area (Å²) in [6.07, 6.45) is 0.896. The normalized spacial score (nSPS) is 18.3. The van der Waals surface area contributed by atoms with E-state index in [1.807, 2.05) is 18.2 Å². The summed E-state index contributed by atoms with van der Waals surface area (Å²) in [6.45, 7) is 2.09. The van der Waals surface area contributed by atoms with Crippen LogP contribution in [0.25, 0.3) is 0 Å². The Morgan fingerprint density at radius 1 is 1.06 bits per heavy atom. The van der Waals surface area contributed by atoms with Gasteiger partial charge in [0.2, 0.25) is 0 Å². The lowest BCUT2D eigenvalue weighted by atomic mass is 9.99. The Labute approximate surface area is 107 Å². The molecular formula is C16H15NO. The Morgan fingerprint density at radius 3 is 2.67 bits per heavy atom. The molecule has 2 heteroatoms. The average Bonchev–Trinajstić information content (AvgIpc) is 2.89. The standard InChI is InChI=1S/C16H15NO/c1-12-6-5-9-14(10-12)16-11-15(17-18-16)13-7-3-2-4-8-13/h2-10,16H,11H2,1H3. The molecule has 0 aromatic heterocycles. The summed E-state index contributed by atoms with van der Waals surface area (Å²) in [6, 6.07) is 18.6. The van der Waals surface area contributed by atoms with Crippen molar-refractivity contribution in [2.75, 3.05) is 0 Å². The maximum Gasteiger partial charge on any atom is 0.158 e. The molecule has 0 fully saturated rings. The first-order valence-electron chi connectivity index (χ1n) is 6.17. The van der Waals surface area contributed by atoms with Crippen molar-refractivity contribution in [2.45, 2.75) is 19.4 Å². The molecule has 1 unspecified atom stereocenters. The Hall–Kier alpha value is -2.09. The highest BCUT2D eigenvalue weighted by molar-refractivity contribution is 6.01. The maximum atomic E-state index is 5.55. The molecule has 1 aliphatic heterocycles. The molecule has 2 aromatic rings. The van der Waals surface area contributed by atoms with Crippen molar-refractivity contribution in [3.63, 3.8) is 0 Å². The van der Waals surface area contributed by atoms with Gasteiger partial charge in [0.05, 0.1) is 5.71 Å². The molecule has 0 radical (unpaired) electrons. The Bertz CT molecular complexity index is 575. The highest BCUT2D eigenvalue weighted by Crippen LogP contribution is 2.29. The van der Waals surface area contributed by atoms with Crippen LogP contribution in [-0.4, -0.2) is 5.71 Å². The molecule has 18 heavy (non-hydrogen) atoms. The second-order valence-electron chi connectivity index (χ2n) is 4.62. The van der Waals surface area contributed by atoms with Crippen molar-refractivity contribution in [2.24, 2.45) is 5.16 Å².